The van der Waals surface area contributed by atoms with Crippen LogP contribution in [0, 0.1) is 5.92 Å². The molecule has 0 aliphatic carbocycles. The second kappa shape index (κ2) is 6.02. The molecule has 0 unspecified atom stereocenters. The molecule has 0 atom stereocenters. The lowest BCUT2D eigenvalue weighted by Crippen LogP contribution is -2.11. The topological polar surface area (TPSA) is 12.0 Å². The first-order chi connectivity index (χ1) is 5.16. The van der Waals surface area contributed by atoms with E-state index in [4.69, 9.17) is 0 Å². The fraction of sp³-hybridized carbons (Fsp3) is 0.600. The highest BCUT2D eigenvalue weighted by Gasteiger charge is 1.85. The maximum atomic E-state index is 3.84. The van der Waals surface area contributed by atoms with E-state index in [2.05, 4.69) is 44.8 Å². The normalized spacial score (nSPS) is 10.9. The van der Waals surface area contributed by atoms with Gasteiger partial charge in [-0.15, -0.1) is 0 Å². The zero-order valence-corrected chi connectivity index (χ0v) is 7.85. The van der Waals surface area contributed by atoms with E-state index in [1.807, 2.05) is 0 Å². The maximum Gasteiger partial charge on any atom is 0.0327 e. The van der Waals surface area contributed by atoms with Gasteiger partial charge in [-0.2, -0.15) is 0 Å². The lowest BCUT2D eigenvalue weighted by Gasteiger charge is -2.03. The second-order valence-corrected chi connectivity index (χ2v) is 3.01. The minimum atomic E-state index is 0.645. The minimum absolute atomic E-state index is 0.645. The summed E-state index contributed by atoms with van der Waals surface area (Å²) in [6.45, 7) is 11.2. The highest BCUT2D eigenvalue weighted by Crippen LogP contribution is 1.93. The van der Waals surface area contributed by atoms with Crippen LogP contribution in [0.4, 0.5) is 0 Å². The van der Waals surface area contributed by atoms with E-state index in [0.717, 1.165) is 18.7 Å². The molecule has 11 heavy (non-hydrogen) atoms. The SMILES string of the molecule is C=C(CC)NC/C=C/C(C)C. The molecule has 1 nitrogen and oxygen atoms in total. The van der Waals surface area contributed by atoms with Gasteiger partial charge in [0.2, 0.25) is 0 Å². The van der Waals surface area contributed by atoms with Gasteiger partial charge in [-0.1, -0.05) is 39.5 Å². The van der Waals surface area contributed by atoms with Gasteiger partial charge in [0.15, 0.2) is 0 Å². The summed E-state index contributed by atoms with van der Waals surface area (Å²) in [6.07, 6.45) is 5.34. The van der Waals surface area contributed by atoms with E-state index in [-0.39, 0.29) is 0 Å². The predicted molar refractivity (Wildman–Crippen MR) is 51.4 cm³/mol. The molecule has 0 rings (SSSR count). The Morgan fingerprint density at radius 3 is 2.64 bits per heavy atom. The molecular formula is C10H19N. The molecule has 0 aromatic rings. The molecular weight excluding hydrogens is 134 g/mol. The van der Waals surface area contributed by atoms with Crippen molar-refractivity contribution in [2.24, 2.45) is 5.92 Å². The molecule has 0 aromatic heterocycles. The highest BCUT2D eigenvalue weighted by atomic mass is 14.9. The van der Waals surface area contributed by atoms with Gasteiger partial charge in [0.1, 0.15) is 0 Å². The van der Waals surface area contributed by atoms with Crippen molar-refractivity contribution in [3.63, 3.8) is 0 Å². The van der Waals surface area contributed by atoms with Crippen molar-refractivity contribution in [1.82, 2.24) is 5.32 Å². The Labute approximate surface area is 70.2 Å². The van der Waals surface area contributed by atoms with Crippen LogP contribution in [0.25, 0.3) is 0 Å². The Morgan fingerprint density at radius 2 is 2.18 bits per heavy atom. The number of rotatable bonds is 5. The average molecular weight is 153 g/mol. The third-order valence-corrected chi connectivity index (χ3v) is 1.42. The number of nitrogens with one attached hydrogen (secondary N) is 1. The Hall–Kier alpha value is -0.720. The Kier molecular flexibility index (Phi) is 5.63. The van der Waals surface area contributed by atoms with E-state index >= 15 is 0 Å². The third-order valence-electron chi connectivity index (χ3n) is 1.42. The summed E-state index contributed by atoms with van der Waals surface area (Å²) in [5.74, 6) is 0.645. The Morgan fingerprint density at radius 1 is 1.55 bits per heavy atom. The van der Waals surface area contributed by atoms with Crippen molar-refractivity contribution in [1.29, 1.82) is 0 Å². The smallest absolute Gasteiger partial charge is 0.0327 e. The van der Waals surface area contributed by atoms with Crippen LogP contribution >= 0.6 is 0 Å². The summed E-state index contributed by atoms with van der Waals surface area (Å²) in [7, 11) is 0. The number of allylic oxidation sites excluding steroid dienone is 2. The minimum Gasteiger partial charge on any atom is -0.385 e. The zero-order chi connectivity index (χ0) is 8.69. The third kappa shape index (κ3) is 7.17. The van der Waals surface area contributed by atoms with Crippen LogP contribution in [0.15, 0.2) is 24.4 Å². The van der Waals surface area contributed by atoms with Gasteiger partial charge in [0.25, 0.3) is 0 Å². The van der Waals surface area contributed by atoms with Crippen molar-refractivity contribution in [3.8, 4) is 0 Å². The van der Waals surface area contributed by atoms with Crippen molar-refractivity contribution in [2.45, 2.75) is 27.2 Å². The lowest BCUT2D eigenvalue weighted by atomic mass is 10.2. The van der Waals surface area contributed by atoms with Crippen LogP contribution in [0.5, 0.6) is 0 Å². The van der Waals surface area contributed by atoms with Gasteiger partial charge in [0.05, 0.1) is 0 Å². The van der Waals surface area contributed by atoms with Gasteiger partial charge in [-0.3, -0.25) is 0 Å². The molecule has 1 heteroatoms. The van der Waals surface area contributed by atoms with Crippen molar-refractivity contribution in [3.05, 3.63) is 24.4 Å². The van der Waals surface area contributed by atoms with Crippen LogP contribution in [-0.4, -0.2) is 6.54 Å². The van der Waals surface area contributed by atoms with Crippen molar-refractivity contribution >= 4 is 0 Å². The Balaban J connectivity index is 3.34. The molecule has 0 fully saturated rings. The molecule has 0 bridgehead atoms. The summed E-state index contributed by atoms with van der Waals surface area (Å²) in [4.78, 5) is 0. The van der Waals surface area contributed by atoms with Crippen LogP contribution in [-0.2, 0) is 0 Å². The summed E-state index contributed by atoms with van der Waals surface area (Å²) < 4.78 is 0. The first-order valence-electron chi connectivity index (χ1n) is 4.25. The van der Waals surface area contributed by atoms with Crippen molar-refractivity contribution in [2.75, 3.05) is 6.54 Å². The first-order valence-corrected chi connectivity index (χ1v) is 4.25. The van der Waals surface area contributed by atoms with E-state index in [9.17, 15) is 0 Å². The zero-order valence-electron chi connectivity index (χ0n) is 7.85. The second-order valence-electron chi connectivity index (χ2n) is 3.01. The highest BCUT2D eigenvalue weighted by molar-refractivity contribution is 4.94. The predicted octanol–water partition coefficient (Wildman–Crippen LogP) is 2.71. The van der Waals surface area contributed by atoms with E-state index in [1.54, 1.807) is 0 Å². The maximum absolute atomic E-state index is 3.84. The van der Waals surface area contributed by atoms with E-state index in [1.165, 1.54) is 0 Å². The van der Waals surface area contributed by atoms with Crippen molar-refractivity contribution < 1.29 is 0 Å². The van der Waals surface area contributed by atoms with Crippen LogP contribution in [0.2, 0.25) is 0 Å². The Bertz CT molecular complexity index is 134. The van der Waals surface area contributed by atoms with Gasteiger partial charge in [0, 0.05) is 12.2 Å². The summed E-state index contributed by atoms with van der Waals surface area (Å²) in [5.41, 5.74) is 1.11. The molecule has 0 amide bonds. The van der Waals surface area contributed by atoms with Gasteiger partial charge < -0.3 is 5.32 Å². The summed E-state index contributed by atoms with van der Waals surface area (Å²) in [5, 5.41) is 3.21. The lowest BCUT2D eigenvalue weighted by molar-refractivity contribution is 0.808. The molecule has 0 aliphatic rings. The molecule has 0 aromatic carbocycles. The standard InChI is InChI=1S/C10H19N/c1-5-10(4)11-8-6-7-9(2)3/h6-7,9,11H,4-5,8H2,1-3H3/b7-6+. The molecule has 64 valence electrons. The average Bonchev–Trinajstić information content (AvgIpc) is 1.97. The van der Waals surface area contributed by atoms with E-state index in [0.29, 0.717) is 5.92 Å². The first kappa shape index (κ1) is 10.3. The van der Waals surface area contributed by atoms with E-state index < -0.39 is 0 Å². The molecule has 0 spiro atoms. The largest absolute Gasteiger partial charge is 0.385 e. The van der Waals surface area contributed by atoms with Crippen LogP contribution in [0.3, 0.4) is 0 Å². The van der Waals surface area contributed by atoms with Gasteiger partial charge in [-0.05, 0) is 12.3 Å². The quantitative estimate of drug-likeness (QED) is 0.599. The molecule has 0 heterocycles. The molecule has 0 aliphatic heterocycles. The fourth-order valence-corrected chi connectivity index (χ4v) is 0.668. The summed E-state index contributed by atoms with van der Waals surface area (Å²) >= 11 is 0. The molecule has 0 radical (unpaired) electrons. The van der Waals surface area contributed by atoms with Gasteiger partial charge in [-0.25, -0.2) is 0 Å². The molecule has 1 N–H and O–H groups in total. The van der Waals surface area contributed by atoms with Gasteiger partial charge >= 0.3 is 0 Å². The molecule has 0 saturated carbocycles. The van der Waals surface area contributed by atoms with Crippen LogP contribution < -0.4 is 5.32 Å². The number of hydrogen-bond acceptors (Lipinski definition) is 1. The fourth-order valence-electron chi connectivity index (χ4n) is 0.668. The molecule has 0 saturated heterocycles. The monoisotopic (exact) mass is 153 g/mol. The number of hydrogen-bond donors (Lipinski definition) is 1. The van der Waals surface area contributed by atoms with Crippen LogP contribution in [0.1, 0.15) is 27.2 Å². The summed E-state index contributed by atoms with van der Waals surface area (Å²) in [6, 6.07) is 0.